The quantitative estimate of drug-likeness (QED) is 0.420. The number of hydrogen-bond acceptors (Lipinski definition) is 1. The summed E-state index contributed by atoms with van der Waals surface area (Å²) in [5.41, 5.74) is 1.20. The van der Waals surface area contributed by atoms with Crippen LogP contribution in [0.3, 0.4) is 0 Å². The minimum absolute atomic E-state index is 0.373. The molecule has 0 atom stereocenters. The number of benzene rings is 2. The van der Waals surface area contributed by atoms with Crippen molar-refractivity contribution in [2.75, 3.05) is 0 Å². The topological polar surface area (TPSA) is 12.4 Å². The molecule has 0 heterocycles. The molecular weight excluding hydrogens is 347 g/mol. The summed E-state index contributed by atoms with van der Waals surface area (Å²) in [6.07, 6.45) is 1.55. The molecule has 0 fully saturated rings. The zero-order chi connectivity index (χ0) is 14.0. The molecule has 0 bridgehead atoms. The molecule has 2 aromatic rings. The summed E-state index contributed by atoms with van der Waals surface area (Å²) in [6.45, 7) is 0. The number of hydrogen-bond donors (Lipinski definition) is 0. The molecule has 2 aromatic carbocycles. The van der Waals surface area contributed by atoms with Gasteiger partial charge in [0.1, 0.15) is 0 Å². The molecule has 0 spiro atoms. The standard InChI is InChI=1S/C13H6Cl5N/c14-8-1-2-12(10(16)4-8)19-6-7-3-9(15)5-11(17)13(7)18/h1-6H/b19-6+. The molecule has 0 unspecified atom stereocenters. The first-order chi connectivity index (χ1) is 8.97. The second-order valence-electron chi connectivity index (χ2n) is 3.64. The van der Waals surface area contributed by atoms with Crippen molar-refractivity contribution in [3.8, 4) is 0 Å². The maximum atomic E-state index is 6.06. The van der Waals surface area contributed by atoms with Gasteiger partial charge in [0.2, 0.25) is 0 Å². The van der Waals surface area contributed by atoms with Crippen LogP contribution in [0.5, 0.6) is 0 Å². The molecule has 0 aromatic heterocycles. The van der Waals surface area contributed by atoms with E-state index in [1.54, 1.807) is 36.5 Å². The molecular formula is C13H6Cl5N. The van der Waals surface area contributed by atoms with Gasteiger partial charge in [-0.25, -0.2) is 0 Å². The van der Waals surface area contributed by atoms with E-state index in [9.17, 15) is 0 Å². The highest BCUT2D eigenvalue weighted by Gasteiger charge is 2.05. The van der Waals surface area contributed by atoms with Gasteiger partial charge in [0.05, 0.1) is 20.8 Å². The van der Waals surface area contributed by atoms with Crippen molar-refractivity contribution in [2.24, 2.45) is 4.99 Å². The third-order valence-corrected chi connectivity index (χ3v) is 3.85. The Balaban J connectivity index is 2.38. The fourth-order valence-corrected chi connectivity index (χ4v) is 2.52. The van der Waals surface area contributed by atoms with Gasteiger partial charge in [0, 0.05) is 21.8 Å². The van der Waals surface area contributed by atoms with E-state index in [2.05, 4.69) is 4.99 Å². The number of aliphatic imine (C=N–C) groups is 1. The van der Waals surface area contributed by atoms with E-state index in [0.29, 0.717) is 36.4 Å². The molecule has 0 aliphatic heterocycles. The van der Waals surface area contributed by atoms with E-state index >= 15 is 0 Å². The Kier molecular flexibility index (Phi) is 4.99. The van der Waals surface area contributed by atoms with Crippen molar-refractivity contribution in [3.63, 3.8) is 0 Å². The van der Waals surface area contributed by atoms with Gasteiger partial charge < -0.3 is 0 Å². The first-order valence-corrected chi connectivity index (χ1v) is 7.00. The normalized spacial score (nSPS) is 11.2. The second kappa shape index (κ2) is 6.34. The van der Waals surface area contributed by atoms with Crippen molar-refractivity contribution in [2.45, 2.75) is 0 Å². The molecule has 0 aliphatic rings. The summed E-state index contributed by atoms with van der Waals surface area (Å²) < 4.78 is 0. The zero-order valence-corrected chi connectivity index (χ0v) is 13.1. The van der Waals surface area contributed by atoms with Crippen molar-refractivity contribution >= 4 is 69.9 Å². The van der Waals surface area contributed by atoms with Gasteiger partial charge in [0.15, 0.2) is 0 Å². The lowest BCUT2D eigenvalue weighted by atomic mass is 10.2. The highest BCUT2D eigenvalue weighted by Crippen LogP contribution is 2.31. The second-order valence-corrected chi connectivity index (χ2v) is 5.71. The van der Waals surface area contributed by atoms with E-state index in [1.807, 2.05) is 0 Å². The van der Waals surface area contributed by atoms with E-state index in [1.165, 1.54) is 0 Å². The third-order valence-electron chi connectivity index (χ3n) is 2.27. The number of nitrogens with zero attached hydrogens (tertiary/aromatic N) is 1. The molecule has 1 nitrogen and oxygen atoms in total. The molecule has 6 heteroatoms. The van der Waals surface area contributed by atoms with Crippen molar-refractivity contribution in [1.82, 2.24) is 0 Å². The fraction of sp³-hybridized carbons (Fsp3) is 0. The maximum absolute atomic E-state index is 6.06. The Hall–Kier alpha value is -0.440. The molecule has 0 saturated carbocycles. The molecule has 0 saturated heterocycles. The maximum Gasteiger partial charge on any atom is 0.0817 e. The van der Waals surface area contributed by atoms with Gasteiger partial charge in [-0.1, -0.05) is 58.0 Å². The van der Waals surface area contributed by atoms with Crippen LogP contribution in [0.15, 0.2) is 35.3 Å². The van der Waals surface area contributed by atoms with Crippen LogP contribution in [0, 0.1) is 0 Å². The molecule has 0 radical (unpaired) electrons. The van der Waals surface area contributed by atoms with Gasteiger partial charge in [-0.15, -0.1) is 0 Å². The van der Waals surface area contributed by atoms with Gasteiger partial charge >= 0.3 is 0 Å². The van der Waals surface area contributed by atoms with E-state index in [0.717, 1.165) is 0 Å². The van der Waals surface area contributed by atoms with Crippen LogP contribution in [0.4, 0.5) is 5.69 Å². The lowest BCUT2D eigenvalue weighted by molar-refractivity contribution is 1.52. The largest absolute Gasteiger partial charge is 0.255 e. The van der Waals surface area contributed by atoms with Gasteiger partial charge in [-0.2, -0.15) is 0 Å². The van der Waals surface area contributed by atoms with Crippen LogP contribution in [0.2, 0.25) is 25.1 Å². The van der Waals surface area contributed by atoms with Crippen LogP contribution in [0.25, 0.3) is 0 Å². The summed E-state index contributed by atoms with van der Waals surface area (Å²) in [4.78, 5) is 4.24. The lowest BCUT2D eigenvalue weighted by Crippen LogP contribution is -1.84. The zero-order valence-electron chi connectivity index (χ0n) is 9.30. The molecule has 0 aliphatic carbocycles. The van der Waals surface area contributed by atoms with Gasteiger partial charge in [0.25, 0.3) is 0 Å². The van der Waals surface area contributed by atoms with Crippen LogP contribution >= 0.6 is 58.0 Å². The summed E-state index contributed by atoms with van der Waals surface area (Å²) in [5.74, 6) is 0. The van der Waals surface area contributed by atoms with E-state index in [-0.39, 0.29) is 0 Å². The lowest BCUT2D eigenvalue weighted by Gasteiger charge is -2.02. The predicted molar refractivity (Wildman–Crippen MR) is 85.2 cm³/mol. The number of halogens is 5. The average Bonchev–Trinajstić information content (AvgIpc) is 2.33. The Bertz CT molecular complexity index is 652. The first kappa shape index (κ1) is 15.0. The SMILES string of the molecule is Clc1ccc(/N=C/c2cc(Cl)cc(Cl)c2Cl)c(Cl)c1. The average molecular weight is 353 g/mol. The molecule has 0 N–H and O–H groups in total. The van der Waals surface area contributed by atoms with Gasteiger partial charge in [-0.3, -0.25) is 4.99 Å². The Morgan fingerprint density at radius 3 is 2.16 bits per heavy atom. The summed E-state index contributed by atoms with van der Waals surface area (Å²) >= 11 is 29.7. The van der Waals surface area contributed by atoms with Crippen molar-refractivity contribution in [3.05, 3.63) is 61.0 Å². The fourth-order valence-electron chi connectivity index (χ4n) is 1.39. The highest BCUT2D eigenvalue weighted by molar-refractivity contribution is 6.44. The number of rotatable bonds is 2. The van der Waals surface area contributed by atoms with Crippen LogP contribution in [-0.2, 0) is 0 Å². The third kappa shape index (κ3) is 3.77. The summed E-state index contributed by atoms with van der Waals surface area (Å²) in [7, 11) is 0. The summed E-state index contributed by atoms with van der Waals surface area (Å²) in [6, 6.07) is 8.26. The van der Waals surface area contributed by atoms with Crippen LogP contribution in [0.1, 0.15) is 5.56 Å². The van der Waals surface area contributed by atoms with E-state index in [4.69, 9.17) is 58.0 Å². The Labute approximate surface area is 135 Å². The Morgan fingerprint density at radius 2 is 1.47 bits per heavy atom. The van der Waals surface area contributed by atoms with Crippen LogP contribution < -0.4 is 0 Å². The van der Waals surface area contributed by atoms with Crippen molar-refractivity contribution in [1.29, 1.82) is 0 Å². The monoisotopic (exact) mass is 351 g/mol. The van der Waals surface area contributed by atoms with E-state index < -0.39 is 0 Å². The highest BCUT2D eigenvalue weighted by atomic mass is 35.5. The predicted octanol–water partition coefficient (Wildman–Crippen LogP) is 6.70. The van der Waals surface area contributed by atoms with Gasteiger partial charge in [-0.05, 0) is 30.3 Å². The minimum Gasteiger partial charge on any atom is -0.255 e. The van der Waals surface area contributed by atoms with Crippen molar-refractivity contribution < 1.29 is 0 Å². The molecule has 98 valence electrons. The summed E-state index contributed by atoms with van der Waals surface area (Å²) in [5, 5.41) is 2.25. The molecule has 2 rings (SSSR count). The smallest absolute Gasteiger partial charge is 0.0817 e. The Morgan fingerprint density at radius 1 is 0.789 bits per heavy atom. The first-order valence-electron chi connectivity index (χ1n) is 5.11. The molecule has 0 amide bonds. The molecule has 19 heavy (non-hydrogen) atoms. The van der Waals surface area contributed by atoms with Crippen LogP contribution in [-0.4, -0.2) is 6.21 Å². The minimum atomic E-state index is 0.373.